The minimum Gasteiger partial charge on any atom is -0.489 e. The first kappa shape index (κ1) is 24.5. The molecule has 9 nitrogen and oxygen atoms in total. The molecule has 2 unspecified atom stereocenters. The van der Waals surface area contributed by atoms with Gasteiger partial charge in [-0.1, -0.05) is 6.07 Å². The van der Waals surface area contributed by atoms with Gasteiger partial charge in [0.15, 0.2) is 11.4 Å². The highest BCUT2D eigenvalue weighted by Crippen LogP contribution is 2.43. The number of carbonyl (C=O) groups is 3. The maximum Gasteiger partial charge on any atom is 0.336 e. The van der Waals surface area contributed by atoms with Crippen LogP contribution in [-0.2, 0) is 9.53 Å². The molecule has 0 aromatic heterocycles. The fraction of sp³-hybridized carbons (Fsp3) is 0.400. The quantitative estimate of drug-likeness (QED) is 0.606. The lowest BCUT2D eigenvalue weighted by atomic mass is 9.77. The minimum absolute atomic E-state index is 0.0418. The van der Waals surface area contributed by atoms with Crippen molar-refractivity contribution >= 4 is 23.4 Å². The number of nitrogens with zero attached hydrogens (tertiary/aromatic N) is 1. The smallest absolute Gasteiger partial charge is 0.336 e. The van der Waals surface area contributed by atoms with Gasteiger partial charge in [0.05, 0.1) is 36.7 Å². The Hall–Kier alpha value is -3.66. The van der Waals surface area contributed by atoms with Crippen LogP contribution in [0, 0.1) is 18.7 Å². The zero-order chi connectivity index (χ0) is 25.3. The van der Waals surface area contributed by atoms with Crippen LogP contribution >= 0.6 is 0 Å². The normalized spacial score (nSPS) is 21.7. The summed E-state index contributed by atoms with van der Waals surface area (Å²) >= 11 is 0. The second-order valence-corrected chi connectivity index (χ2v) is 8.85. The van der Waals surface area contributed by atoms with E-state index in [0.717, 1.165) is 0 Å². The Morgan fingerprint density at radius 2 is 1.94 bits per heavy atom. The highest BCUT2D eigenvalue weighted by atomic mass is 19.1. The topological polar surface area (TPSA) is 123 Å². The van der Waals surface area contributed by atoms with Gasteiger partial charge in [-0.15, -0.1) is 0 Å². The fourth-order valence-corrected chi connectivity index (χ4v) is 4.46. The van der Waals surface area contributed by atoms with Crippen molar-refractivity contribution in [1.82, 2.24) is 0 Å². The second kappa shape index (κ2) is 9.53. The minimum atomic E-state index is -1.46. The summed E-state index contributed by atoms with van der Waals surface area (Å²) in [6.45, 7) is 4.83. The number of ketones is 1. The lowest BCUT2D eigenvalue weighted by molar-refractivity contribution is -0.140. The zero-order valence-electron chi connectivity index (χ0n) is 19.4. The molecular weight excluding hydrogens is 461 g/mol. The summed E-state index contributed by atoms with van der Waals surface area (Å²) in [7, 11) is 0. The van der Waals surface area contributed by atoms with Crippen molar-refractivity contribution < 1.29 is 43.2 Å². The molecule has 0 aliphatic carbocycles. The molecule has 1 saturated heterocycles. The largest absolute Gasteiger partial charge is 0.489 e. The first-order valence-electron chi connectivity index (χ1n) is 11.2. The van der Waals surface area contributed by atoms with Gasteiger partial charge in [0, 0.05) is 30.4 Å². The predicted octanol–water partition coefficient (Wildman–Crippen LogP) is 3.17. The average Bonchev–Trinajstić information content (AvgIpc) is 2.82. The van der Waals surface area contributed by atoms with E-state index < -0.39 is 41.5 Å². The highest BCUT2D eigenvalue weighted by molar-refractivity contribution is 6.11. The molecule has 0 radical (unpaired) electrons. The van der Waals surface area contributed by atoms with Crippen LogP contribution in [0.2, 0.25) is 0 Å². The SMILES string of the molecule is Cc1c(F)cccc1OCC1(C)Oc2cc(N3CCOCC3)cc(C(=O)O)c2C(=O)C1CC(=O)O. The van der Waals surface area contributed by atoms with Gasteiger partial charge in [-0.05, 0) is 32.0 Å². The van der Waals surface area contributed by atoms with E-state index in [1.807, 2.05) is 4.90 Å². The Bertz CT molecular complexity index is 1180. The van der Waals surface area contributed by atoms with Crippen LogP contribution in [0.4, 0.5) is 10.1 Å². The molecule has 2 aliphatic heterocycles. The summed E-state index contributed by atoms with van der Waals surface area (Å²) < 4.78 is 31.3. The molecule has 0 saturated carbocycles. The maximum atomic E-state index is 14.0. The number of carbonyl (C=O) groups excluding carboxylic acids is 1. The van der Waals surface area contributed by atoms with E-state index in [0.29, 0.717) is 32.0 Å². The number of carboxylic acids is 2. The number of aliphatic carboxylic acids is 1. The Kier molecular flexibility index (Phi) is 6.66. The molecule has 2 atom stereocenters. The molecule has 0 spiro atoms. The van der Waals surface area contributed by atoms with Gasteiger partial charge in [-0.25, -0.2) is 9.18 Å². The average molecular weight is 487 g/mol. The van der Waals surface area contributed by atoms with Crippen LogP contribution in [0.1, 0.15) is 39.6 Å². The van der Waals surface area contributed by atoms with Gasteiger partial charge in [0.1, 0.15) is 23.9 Å². The number of hydrogen-bond acceptors (Lipinski definition) is 7. The van der Waals surface area contributed by atoms with Gasteiger partial charge in [-0.2, -0.15) is 0 Å². The molecule has 1 fully saturated rings. The summed E-state index contributed by atoms with van der Waals surface area (Å²) in [6, 6.07) is 7.32. The van der Waals surface area contributed by atoms with Crippen LogP contribution in [0.5, 0.6) is 11.5 Å². The molecule has 4 rings (SSSR count). The third-order valence-electron chi connectivity index (χ3n) is 6.45. The van der Waals surface area contributed by atoms with E-state index in [9.17, 15) is 29.0 Å². The summed E-state index contributed by atoms with van der Waals surface area (Å²) in [5.41, 5.74) is -1.07. The van der Waals surface area contributed by atoms with Gasteiger partial charge in [0.2, 0.25) is 0 Å². The van der Waals surface area contributed by atoms with Crippen LogP contribution < -0.4 is 14.4 Å². The molecule has 186 valence electrons. The number of benzene rings is 2. The number of halogens is 1. The summed E-state index contributed by atoms with van der Waals surface area (Å²) in [6.07, 6.45) is -0.593. The Labute approximate surface area is 201 Å². The standard InChI is InChI=1S/C25H26FNO8/c1-14-18(26)4-3-5-19(14)34-13-25(2)17(12-21(28)29)23(30)22-16(24(31)32)10-15(11-20(22)35-25)27-6-8-33-9-7-27/h3-5,10-11,17H,6-9,12-13H2,1-2H3,(H,28,29)(H,31,32). The van der Waals surface area contributed by atoms with Gasteiger partial charge in [-0.3, -0.25) is 9.59 Å². The molecular formula is C25H26FNO8. The van der Waals surface area contributed by atoms with E-state index in [4.69, 9.17) is 14.2 Å². The van der Waals surface area contributed by atoms with Crippen LogP contribution in [0.3, 0.4) is 0 Å². The molecule has 35 heavy (non-hydrogen) atoms. The molecule has 2 aromatic carbocycles. The van der Waals surface area contributed by atoms with Crippen LogP contribution in [-0.4, -0.2) is 66.4 Å². The summed E-state index contributed by atoms with van der Waals surface area (Å²) in [5.74, 6) is -4.64. The molecule has 2 aromatic rings. The van der Waals surface area contributed by atoms with E-state index in [1.54, 1.807) is 12.1 Å². The number of rotatable bonds is 7. The number of anilines is 1. The van der Waals surface area contributed by atoms with E-state index in [1.165, 1.54) is 32.0 Å². The number of carboxylic acid groups (broad SMARTS) is 2. The maximum absolute atomic E-state index is 14.0. The Balaban J connectivity index is 1.76. The van der Waals surface area contributed by atoms with Crippen LogP contribution in [0.25, 0.3) is 0 Å². The lowest BCUT2D eigenvalue weighted by Gasteiger charge is -2.41. The van der Waals surface area contributed by atoms with Crippen molar-refractivity contribution in [2.24, 2.45) is 5.92 Å². The zero-order valence-corrected chi connectivity index (χ0v) is 19.4. The monoisotopic (exact) mass is 487 g/mol. The number of fused-ring (bicyclic) bond motifs is 1. The van der Waals surface area contributed by atoms with Crippen molar-refractivity contribution in [3.05, 3.63) is 52.8 Å². The molecule has 2 N–H and O–H groups in total. The van der Waals surface area contributed by atoms with E-state index in [2.05, 4.69) is 0 Å². The highest BCUT2D eigenvalue weighted by Gasteiger charge is 2.49. The first-order valence-corrected chi connectivity index (χ1v) is 11.2. The number of morpholine rings is 1. The van der Waals surface area contributed by atoms with Crippen LogP contribution in [0.15, 0.2) is 30.3 Å². The molecule has 2 heterocycles. The van der Waals surface area contributed by atoms with Gasteiger partial charge in [0.25, 0.3) is 0 Å². The third-order valence-corrected chi connectivity index (χ3v) is 6.45. The fourth-order valence-electron chi connectivity index (χ4n) is 4.46. The van der Waals surface area contributed by atoms with E-state index >= 15 is 0 Å². The number of Topliss-reactive ketones (excluding diaryl/α,β-unsaturated/α-hetero) is 1. The van der Waals surface area contributed by atoms with E-state index in [-0.39, 0.29) is 34.8 Å². The van der Waals surface area contributed by atoms with Crippen molar-refractivity contribution in [3.63, 3.8) is 0 Å². The molecule has 10 heteroatoms. The lowest BCUT2D eigenvalue weighted by Crippen LogP contribution is -2.53. The Morgan fingerprint density at radius 3 is 2.60 bits per heavy atom. The summed E-state index contributed by atoms with van der Waals surface area (Å²) in [5, 5.41) is 19.3. The van der Waals surface area contributed by atoms with Crippen molar-refractivity contribution in [1.29, 1.82) is 0 Å². The van der Waals surface area contributed by atoms with Crippen molar-refractivity contribution in [2.45, 2.75) is 25.9 Å². The van der Waals surface area contributed by atoms with Gasteiger partial charge >= 0.3 is 11.9 Å². The first-order chi connectivity index (χ1) is 16.6. The molecule has 0 bridgehead atoms. The second-order valence-electron chi connectivity index (χ2n) is 8.85. The number of ether oxygens (including phenoxy) is 3. The molecule has 0 amide bonds. The van der Waals surface area contributed by atoms with Gasteiger partial charge < -0.3 is 29.3 Å². The number of hydrogen-bond donors (Lipinski definition) is 2. The summed E-state index contributed by atoms with van der Waals surface area (Å²) in [4.78, 5) is 39.2. The van der Waals surface area contributed by atoms with Crippen molar-refractivity contribution in [3.8, 4) is 11.5 Å². The predicted molar refractivity (Wildman–Crippen MR) is 122 cm³/mol. The third kappa shape index (κ3) is 4.79. The number of aromatic carboxylic acids is 1. The van der Waals surface area contributed by atoms with Crippen molar-refractivity contribution in [2.75, 3.05) is 37.8 Å². The molecule has 2 aliphatic rings. The Morgan fingerprint density at radius 1 is 1.23 bits per heavy atom.